The Balaban J connectivity index is 1.12. The molecule has 3 aromatic heterocycles. The highest BCUT2D eigenvalue weighted by Gasteiger charge is 2.43. The van der Waals surface area contributed by atoms with Gasteiger partial charge in [-0.1, -0.05) is 33.8 Å². The van der Waals surface area contributed by atoms with Crippen molar-refractivity contribution in [3.8, 4) is 22.5 Å². The molecule has 1 aromatic carbocycles. The number of aromatic nitrogens is 3. The summed E-state index contributed by atoms with van der Waals surface area (Å²) in [7, 11) is 5.04. The largest absolute Gasteiger partial charge is 0.464 e. The Kier molecular flexibility index (Phi) is 13.6. The van der Waals surface area contributed by atoms with Crippen LogP contribution in [0.2, 0.25) is 0 Å². The third-order valence-electron chi connectivity index (χ3n) is 13.5. The summed E-state index contributed by atoms with van der Waals surface area (Å²) in [5.41, 5.74) is 9.27. The molecular weight excluding hydrogens is 861 g/mol. The van der Waals surface area contributed by atoms with Gasteiger partial charge in [0.2, 0.25) is 11.8 Å². The number of amides is 5. The minimum absolute atomic E-state index is 0.0107. The molecule has 8 rings (SSSR count). The summed E-state index contributed by atoms with van der Waals surface area (Å²) >= 11 is 1.41. The van der Waals surface area contributed by atoms with Gasteiger partial charge in [-0.05, 0) is 68.9 Å². The lowest BCUT2D eigenvalue weighted by molar-refractivity contribution is -0.155. The second-order valence-corrected chi connectivity index (χ2v) is 20.3. The topological polar surface area (TPSA) is 193 Å². The molecule has 17 nitrogen and oxygen atoms in total. The van der Waals surface area contributed by atoms with Crippen molar-refractivity contribution >= 4 is 52.0 Å². The van der Waals surface area contributed by atoms with E-state index in [9.17, 15) is 24.0 Å². The van der Waals surface area contributed by atoms with Gasteiger partial charge in [-0.15, -0.1) is 11.3 Å². The number of aryl methyl sites for hydroxylation is 1. The summed E-state index contributed by atoms with van der Waals surface area (Å²) in [6.07, 6.45) is 3.20. The maximum atomic E-state index is 14.6. The zero-order valence-corrected chi connectivity index (χ0v) is 40.4. The Morgan fingerprint density at radius 1 is 1.12 bits per heavy atom. The lowest BCUT2D eigenvalue weighted by atomic mass is 9.84. The zero-order chi connectivity index (χ0) is 47.2. The number of fused-ring (bicyclic) bond motifs is 6. The first-order valence-electron chi connectivity index (χ1n) is 23.1. The van der Waals surface area contributed by atoms with E-state index in [2.05, 4.69) is 65.7 Å². The number of carbonyl (C=O) groups excluding carboxylic acids is 5. The molecule has 0 radical (unpaired) electrons. The number of pyridine rings is 1. The van der Waals surface area contributed by atoms with Crippen molar-refractivity contribution < 1.29 is 33.4 Å². The number of nitrogens with one attached hydrogen (secondary N) is 3. The van der Waals surface area contributed by atoms with Crippen LogP contribution in [0.25, 0.3) is 33.4 Å². The molecule has 66 heavy (non-hydrogen) atoms. The number of carbonyl (C=O) groups is 5. The minimum Gasteiger partial charge on any atom is -0.464 e. The first kappa shape index (κ1) is 47.1. The number of methoxy groups -OCH3 is 1. The van der Waals surface area contributed by atoms with Gasteiger partial charge in [-0.2, -0.15) is 0 Å². The van der Waals surface area contributed by atoms with Crippen LogP contribution in [0.4, 0.5) is 4.79 Å². The number of cyclic esters (lactones) is 1. The summed E-state index contributed by atoms with van der Waals surface area (Å²) < 4.78 is 14.2. The summed E-state index contributed by atoms with van der Waals surface area (Å²) in [4.78, 5) is 84.0. The van der Waals surface area contributed by atoms with Crippen molar-refractivity contribution in [2.24, 2.45) is 11.3 Å². The number of rotatable bonds is 10. The van der Waals surface area contributed by atoms with E-state index in [0.717, 1.165) is 44.7 Å². The van der Waals surface area contributed by atoms with Crippen molar-refractivity contribution in [1.82, 2.24) is 50.3 Å². The van der Waals surface area contributed by atoms with Crippen LogP contribution in [0, 0.1) is 11.3 Å². The van der Waals surface area contributed by atoms with E-state index in [1.807, 2.05) is 32.2 Å². The standard InChI is InChI=1S/C48H64N10O7S/c1-10-57-38-16-15-29-19-32(38)33(42(57)31-13-11-17-49-40(31)28(4)64-9)21-48(5,6)26-65-46(62)34-14-12-18-58(53-34)45(61)35(20-39-51-37(29)25-66-39)52-43(59)41(27(2)3)55(8)47(63)56-23-30(24-56)54(7)44(60)36-22-50-36/h11,13,15-17,19,25,27-28,30,34-36,41,50,53H,10,12,14,18,20-24,26H2,1-9H3,(H,52,59)/t28-,34-,35-,36+,41?/m0/s1. The fourth-order valence-electron chi connectivity index (χ4n) is 9.60. The highest BCUT2D eigenvalue weighted by atomic mass is 32.1. The van der Waals surface area contributed by atoms with Crippen molar-refractivity contribution in [1.29, 1.82) is 0 Å². The summed E-state index contributed by atoms with van der Waals surface area (Å²) in [6, 6.07) is 7.03. The van der Waals surface area contributed by atoms with Crippen molar-refractivity contribution in [3.63, 3.8) is 0 Å². The van der Waals surface area contributed by atoms with E-state index >= 15 is 0 Å². The first-order valence-corrected chi connectivity index (χ1v) is 24.0. The molecule has 6 bridgehead atoms. The molecule has 3 fully saturated rings. The number of hydrazine groups is 1. The predicted octanol–water partition coefficient (Wildman–Crippen LogP) is 4.39. The molecule has 3 saturated heterocycles. The fourth-order valence-corrected chi connectivity index (χ4v) is 10.5. The van der Waals surface area contributed by atoms with Gasteiger partial charge in [0.15, 0.2) is 0 Å². The monoisotopic (exact) mass is 924 g/mol. The second kappa shape index (κ2) is 19.1. The molecule has 7 heterocycles. The maximum absolute atomic E-state index is 14.6. The number of thiazole rings is 1. The van der Waals surface area contributed by atoms with E-state index in [1.165, 1.54) is 21.2 Å². The first-order chi connectivity index (χ1) is 31.5. The summed E-state index contributed by atoms with van der Waals surface area (Å²) in [5, 5.41) is 11.1. The third kappa shape index (κ3) is 9.42. The number of likely N-dealkylation sites (tertiary alicyclic amines) is 1. The molecule has 1 unspecified atom stereocenters. The number of urea groups is 1. The number of hydrogen-bond acceptors (Lipinski definition) is 12. The van der Waals surface area contributed by atoms with E-state index in [4.69, 9.17) is 19.4 Å². The van der Waals surface area contributed by atoms with Crippen LogP contribution in [-0.4, -0.2) is 148 Å². The maximum Gasteiger partial charge on any atom is 0.324 e. The summed E-state index contributed by atoms with van der Waals surface area (Å²) in [5.74, 6) is -1.66. The van der Waals surface area contributed by atoms with Crippen molar-refractivity contribution in [3.05, 3.63) is 58.2 Å². The van der Waals surface area contributed by atoms with E-state index < -0.39 is 41.3 Å². The van der Waals surface area contributed by atoms with Crippen LogP contribution < -0.4 is 16.1 Å². The van der Waals surface area contributed by atoms with Crippen LogP contribution in [0.3, 0.4) is 0 Å². The average Bonchev–Trinajstić information content (AvgIpc) is 3.96. The van der Waals surface area contributed by atoms with Gasteiger partial charge in [-0.3, -0.25) is 29.2 Å². The number of benzene rings is 1. The second-order valence-electron chi connectivity index (χ2n) is 19.3. The van der Waals surface area contributed by atoms with Gasteiger partial charge in [-0.25, -0.2) is 15.2 Å². The SMILES string of the molecule is CCn1c(-c2cccnc2[C@H](C)OC)c2c3cc(ccc31)-c1csc(n1)C[C@H](NC(=O)C(C(C)C)N(C)C(=O)N1CC(N(C)C(=O)[C@H]3CN3)C1)C(=O)N1CCC[C@H](N1)C(=O)OCC(C)(C)C2. The third-order valence-corrected chi connectivity index (χ3v) is 14.4. The number of nitrogens with zero attached hydrogens (tertiary/aromatic N) is 7. The van der Waals surface area contributed by atoms with Crippen molar-refractivity contribution in [2.75, 3.05) is 54.0 Å². The highest BCUT2D eigenvalue weighted by Crippen LogP contribution is 2.42. The smallest absolute Gasteiger partial charge is 0.324 e. The molecule has 4 aliphatic rings. The lowest BCUT2D eigenvalue weighted by Crippen LogP contribution is -2.66. The predicted molar refractivity (Wildman–Crippen MR) is 251 cm³/mol. The van der Waals surface area contributed by atoms with Gasteiger partial charge in [0.25, 0.3) is 5.91 Å². The van der Waals surface area contributed by atoms with Gasteiger partial charge in [0.05, 0.1) is 46.9 Å². The zero-order valence-electron chi connectivity index (χ0n) is 39.6. The molecule has 18 heteroatoms. The molecule has 5 atom stereocenters. The molecule has 4 aliphatic heterocycles. The molecule has 0 saturated carbocycles. The quantitative estimate of drug-likeness (QED) is 0.151. The number of esters is 1. The molecule has 0 spiro atoms. The van der Waals surface area contributed by atoms with Gasteiger partial charge in [0.1, 0.15) is 18.1 Å². The Bertz CT molecular complexity index is 2490. The van der Waals surface area contributed by atoms with Crippen molar-refractivity contribution in [2.45, 2.75) is 110 Å². The van der Waals surface area contributed by atoms with Crippen LogP contribution in [0.15, 0.2) is 41.9 Å². The Labute approximate surface area is 390 Å². The Morgan fingerprint density at radius 3 is 2.58 bits per heavy atom. The molecule has 5 amide bonds. The van der Waals surface area contributed by atoms with Crippen LogP contribution >= 0.6 is 11.3 Å². The average molecular weight is 925 g/mol. The summed E-state index contributed by atoms with van der Waals surface area (Å²) in [6.45, 7) is 14.6. The number of ether oxygens (including phenoxy) is 2. The van der Waals surface area contributed by atoms with Gasteiger partial charge in [0, 0.05) is 99.4 Å². The van der Waals surface area contributed by atoms with Gasteiger partial charge < -0.3 is 39.4 Å². The van der Waals surface area contributed by atoms with E-state index in [1.54, 1.807) is 37.2 Å². The van der Waals surface area contributed by atoms with Crippen LogP contribution in [0.1, 0.15) is 76.8 Å². The molecule has 0 aliphatic carbocycles. The molecular formula is C48H64N10O7S. The van der Waals surface area contributed by atoms with E-state index in [0.29, 0.717) is 57.0 Å². The van der Waals surface area contributed by atoms with Gasteiger partial charge >= 0.3 is 12.0 Å². The molecule has 354 valence electrons. The number of likely N-dealkylation sites (N-methyl/N-ethyl adjacent to an activating group) is 2. The Hall–Kier alpha value is -5.43. The highest BCUT2D eigenvalue weighted by molar-refractivity contribution is 7.10. The minimum atomic E-state index is -1.08. The van der Waals surface area contributed by atoms with E-state index in [-0.39, 0.29) is 49.1 Å². The molecule has 4 aromatic rings. The fraction of sp³-hybridized carbons (Fsp3) is 0.562. The number of hydrogen-bond donors (Lipinski definition) is 3. The normalized spacial score (nSPS) is 22.0. The lowest BCUT2D eigenvalue weighted by Gasteiger charge is -2.46. The van der Waals surface area contributed by atoms with Crippen LogP contribution in [-0.2, 0) is 48.0 Å². The Morgan fingerprint density at radius 2 is 1.88 bits per heavy atom. The molecule has 3 N–H and O–H groups in total. The van der Waals surface area contributed by atoms with Crippen LogP contribution in [0.5, 0.6) is 0 Å².